The number of benzene rings is 1. The Morgan fingerprint density at radius 3 is 2.70 bits per heavy atom. The number of rotatable bonds is 6. The average molecular weight is 495 g/mol. The highest BCUT2D eigenvalue weighted by molar-refractivity contribution is 14.0. The lowest BCUT2D eigenvalue weighted by Crippen LogP contribution is -2.42. The lowest BCUT2D eigenvalue weighted by atomic mass is 9.91. The van der Waals surface area contributed by atoms with Crippen LogP contribution >= 0.6 is 35.3 Å². The van der Waals surface area contributed by atoms with E-state index in [1.54, 1.807) is 24.6 Å². The zero-order chi connectivity index (χ0) is 18.4. The van der Waals surface area contributed by atoms with Gasteiger partial charge >= 0.3 is 0 Å². The van der Waals surface area contributed by atoms with Crippen molar-refractivity contribution in [2.24, 2.45) is 4.99 Å². The van der Waals surface area contributed by atoms with Gasteiger partial charge in [-0.2, -0.15) is 5.10 Å². The zero-order valence-corrected chi connectivity index (χ0v) is 19.0. The summed E-state index contributed by atoms with van der Waals surface area (Å²) < 4.78 is 1.86. The van der Waals surface area contributed by atoms with Crippen molar-refractivity contribution in [1.29, 1.82) is 0 Å². The highest BCUT2D eigenvalue weighted by atomic mass is 127. The van der Waals surface area contributed by atoms with E-state index in [0.29, 0.717) is 6.54 Å². The molecular weight excluding hydrogens is 469 g/mol. The predicted octanol–water partition coefficient (Wildman–Crippen LogP) is 4.19. The third-order valence-electron chi connectivity index (χ3n) is 4.25. The van der Waals surface area contributed by atoms with Crippen LogP contribution in [0.3, 0.4) is 0 Å². The zero-order valence-electron chi connectivity index (χ0n) is 15.8. The number of hydrogen-bond donors (Lipinski definition) is 2. The number of aliphatic imine (C=N–C) groups is 1. The van der Waals surface area contributed by atoms with E-state index in [-0.39, 0.29) is 29.4 Å². The van der Waals surface area contributed by atoms with E-state index in [2.05, 4.69) is 64.2 Å². The lowest BCUT2D eigenvalue weighted by molar-refractivity contribution is 0.518. The molecule has 0 radical (unpaired) electrons. The average Bonchev–Trinajstić information content (AvgIpc) is 3.36. The molecule has 0 aliphatic carbocycles. The maximum atomic E-state index is 4.34. The first-order chi connectivity index (χ1) is 12.6. The second-order valence-corrected chi connectivity index (χ2v) is 7.71. The predicted molar refractivity (Wildman–Crippen MR) is 125 cm³/mol. The molecule has 2 N–H and O–H groups in total. The topological polar surface area (TPSA) is 54.2 Å². The molecule has 0 aliphatic rings. The summed E-state index contributed by atoms with van der Waals surface area (Å²) in [5.74, 6) is 0.805. The van der Waals surface area contributed by atoms with Crippen LogP contribution < -0.4 is 10.6 Å². The minimum absolute atomic E-state index is 0. The number of nitrogens with one attached hydrogen (secondary N) is 2. The molecule has 5 nitrogen and oxygen atoms in total. The first-order valence-corrected chi connectivity index (χ1v) is 9.54. The molecule has 0 atom stereocenters. The summed E-state index contributed by atoms with van der Waals surface area (Å²) in [5, 5.41) is 13.2. The Morgan fingerprint density at radius 1 is 1.19 bits per heavy atom. The van der Waals surface area contributed by atoms with Crippen molar-refractivity contribution >= 4 is 41.3 Å². The minimum Gasteiger partial charge on any atom is -0.356 e. The van der Waals surface area contributed by atoms with E-state index in [0.717, 1.165) is 18.2 Å². The molecule has 0 fully saturated rings. The summed E-state index contributed by atoms with van der Waals surface area (Å²) in [6, 6.07) is 14.5. The molecule has 0 bridgehead atoms. The van der Waals surface area contributed by atoms with Crippen LogP contribution in [0.25, 0.3) is 5.69 Å². The summed E-state index contributed by atoms with van der Waals surface area (Å²) in [5.41, 5.74) is 2.29. The summed E-state index contributed by atoms with van der Waals surface area (Å²) >= 11 is 1.79. The van der Waals surface area contributed by atoms with Gasteiger partial charge in [0.2, 0.25) is 0 Å². The molecule has 0 unspecified atom stereocenters. The fraction of sp³-hybridized carbons (Fsp3) is 0.300. The van der Waals surface area contributed by atoms with E-state index in [1.807, 2.05) is 29.1 Å². The van der Waals surface area contributed by atoms with Gasteiger partial charge in [0.15, 0.2) is 5.96 Å². The standard InChI is InChI=1S/C20H25N5S.HI/c1-20(2,18-9-5-12-26-18)15-23-19(21-3)22-14-16-7-4-8-17(13-16)25-11-6-10-24-25;/h4-13H,14-15H2,1-3H3,(H2,21,22,23);1H. The third kappa shape index (κ3) is 5.80. The maximum Gasteiger partial charge on any atom is 0.191 e. The first kappa shape index (κ1) is 21.4. The molecule has 3 rings (SSSR count). The Bertz CT molecular complexity index is 841. The fourth-order valence-electron chi connectivity index (χ4n) is 2.69. The third-order valence-corrected chi connectivity index (χ3v) is 5.48. The van der Waals surface area contributed by atoms with Crippen LogP contribution in [0, 0.1) is 0 Å². The second kappa shape index (κ2) is 9.89. The molecule has 0 spiro atoms. The fourth-order valence-corrected chi connectivity index (χ4v) is 3.54. The smallest absolute Gasteiger partial charge is 0.191 e. The van der Waals surface area contributed by atoms with Crippen LogP contribution in [0.4, 0.5) is 0 Å². The molecule has 0 saturated heterocycles. The van der Waals surface area contributed by atoms with E-state index in [9.17, 15) is 0 Å². The van der Waals surface area contributed by atoms with Gasteiger partial charge in [0.1, 0.15) is 0 Å². The lowest BCUT2D eigenvalue weighted by Gasteiger charge is -2.25. The molecular formula is C20H26IN5S. The molecule has 1 aromatic carbocycles. The number of thiophene rings is 1. The Labute approximate surface area is 181 Å². The molecule has 7 heteroatoms. The number of halogens is 1. The number of hydrogen-bond acceptors (Lipinski definition) is 3. The Kier molecular flexibility index (Phi) is 7.85. The van der Waals surface area contributed by atoms with Crippen LogP contribution in [-0.4, -0.2) is 29.3 Å². The van der Waals surface area contributed by atoms with Crippen molar-refractivity contribution in [2.45, 2.75) is 25.8 Å². The van der Waals surface area contributed by atoms with Gasteiger partial charge in [0, 0.05) is 42.8 Å². The number of guanidine groups is 1. The summed E-state index contributed by atoms with van der Waals surface area (Å²) in [4.78, 5) is 5.71. The van der Waals surface area contributed by atoms with E-state index in [4.69, 9.17) is 0 Å². The van der Waals surface area contributed by atoms with Gasteiger partial charge in [-0.15, -0.1) is 35.3 Å². The molecule has 3 aromatic rings. The van der Waals surface area contributed by atoms with E-state index >= 15 is 0 Å². The van der Waals surface area contributed by atoms with Crippen LogP contribution in [0.2, 0.25) is 0 Å². The molecule has 27 heavy (non-hydrogen) atoms. The maximum absolute atomic E-state index is 4.34. The van der Waals surface area contributed by atoms with Gasteiger partial charge in [-0.1, -0.05) is 32.0 Å². The number of aromatic nitrogens is 2. The van der Waals surface area contributed by atoms with Crippen LogP contribution in [-0.2, 0) is 12.0 Å². The van der Waals surface area contributed by atoms with Crippen LogP contribution in [0.15, 0.2) is 65.2 Å². The van der Waals surface area contributed by atoms with Crippen molar-refractivity contribution in [3.05, 3.63) is 70.7 Å². The van der Waals surface area contributed by atoms with Crippen molar-refractivity contribution in [2.75, 3.05) is 13.6 Å². The van der Waals surface area contributed by atoms with E-state index in [1.165, 1.54) is 10.4 Å². The highest BCUT2D eigenvalue weighted by Gasteiger charge is 2.21. The van der Waals surface area contributed by atoms with Crippen molar-refractivity contribution in [3.8, 4) is 5.69 Å². The van der Waals surface area contributed by atoms with Crippen molar-refractivity contribution in [1.82, 2.24) is 20.4 Å². The molecule has 0 aliphatic heterocycles. The van der Waals surface area contributed by atoms with Gasteiger partial charge in [0.25, 0.3) is 0 Å². The van der Waals surface area contributed by atoms with Crippen LogP contribution in [0.5, 0.6) is 0 Å². The van der Waals surface area contributed by atoms with Gasteiger partial charge in [0.05, 0.1) is 5.69 Å². The van der Waals surface area contributed by atoms with Crippen LogP contribution in [0.1, 0.15) is 24.3 Å². The van der Waals surface area contributed by atoms with Crippen molar-refractivity contribution < 1.29 is 0 Å². The normalized spacial score (nSPS) is 11.7. The quantitative estimate of drug-likeness (QED) is 0.306. The molecule has 0 saturated carbocycles. The Hall–Kier alpha value is -1.87. The summed E-state index contributed by atoms with van der Waals surface area (Å²) in [6.07, 6.45) is 3.73. The second-order valence-electron chi connectivity index (χ2n) is 6.76. The monoisotopic (exact) mass is 495 g/mol. The molecule has 144 valence electrons. The van der Waals surface area contributed by atoms with Gasteiger partial charge in [-0.3, -0.25) is 4.99 Å². The molecule has 2 heterocycles. The van der Waals surface area contributed by atoms with Gasteiger partial charge < -0.3 is 10.6 Å². The SMILES string of the molecule is CN=C(NCc1cccc(-n2cccn2)c1)NCC(C)(C)c1cccs1.I. The Balaban J connectivity index is 0.00000261. The Morgan fingerprint density at radius 2 is 2.04 bits per heavy atom. The summed E-state index contributed by atoms with van der Waals surface area (Å²) in [7, 11) is 1.80. The van der Waals surface area contributed by atoms with Gasteiger partial charge in [-0.25, -0.2) is 4.68 Å². The minimum atomic E-state index is 0. The number of nitrogens with zero attached hydrogens (tertiary/aromatic N) is 3. The molecule has 0 amide bonds. The van der Waals surface area contributed by atoms with Gasteiger partial charge in [-0.05, 0) is 35.2 Å². The largest absolute Gasteiger partial charge is 0.356 e. The summed E-state index contributed by atoms with van der Waals surface area (Å²) in [6.45, 7) is 6.01. The first-order valence-electron chi connectivity index (χ1n) is 8.66. The van der Waals surface area contributed by atoms with E-state index < -0.39 is 0 Å². The highest BCUT2D eigenvalue weighted by Crippen LogP contribution is 2.26. The van der Waals surface area contributed by atoms with Crippen molar-refractivity contribution in [3.63, 3.8) is 0 Å². The molecule has 2 aromatic heterocycles.